The van der Waals surface area contributed by atoms with E-state index in [4.69, 9.17) is 0 Å². The maximum atomic E-state index is 13.8. The van der Waals surface area contributed by atoms with Crippen LogP contribution in [0.4, 0.5) is 8.78 Å². The van der Waals surface area contributed by atoms with Crippen LogP contribution in [0.2, 0.25) is 0 Å². The topological polar surface area (TPSA) is 78.4 Å². The second-order valence-electron chi connectivity index (χ2n) is 9.23. The highest BCUT2D eigenvalue weighted by molar-refractivity contribution is 14.1. The number of aryl methyl sites for hydroxylation is 2. The summed E-state index contributed by atoms with van der Waals surface area (Å²) in [6, 6.07) is 15.7. The van der Waals surface area contributed by atoms with Crippen LogP contribution in [0, 0.1) is 29.1 Å². The standard InChI is InChI=1S/C29H31F2IN2O3/c1-18-6-7-25(19(2)10-18)27(35)8-9-29(37)34-26(14-21-11-22(30)15-23(31)12-21)28(36)17-33-16-20-4-3-5-24(32)13-20/h3-7,10-13,15,26,28,33,36H,8-9,14,16-17H2,1-2H3,(H,34,37)/t26-,28-/m0/s1. The monoisotopic (exact) mass is 620 g/mol. The minimum atomic E-state index is -1.03. The summed E-state index contributed by atoms with van der Waals surface area (Å²) in [5, 5.41) is 16.8. The number of carbonyl (C=O) groups excluding carboxylic acids is 2. The van der Waals surface area contributed by atoms with Gasteiger partial charge < -0.3 is 15.7 Å². The molecule has 0 unspecified atom stereocenters. The Kier molecular flexibility index (Phi) is 10.7. The Balaban J connectivity index is 1.63. The van der Waals surface area contributed by atoms with E-state index in [0.717, 1.165) is 26.3 Å². The number of carbonyl (C=O) groups is 2. The molecule has 0 bridgehead atoms. The molecule has 0 aliphatic heterocycles. The number of nitrogens with one attached hydrogen (secondary N) is 2. The fourth-order valence-electron chi connectivity index (χ4n) is 4.19. The molecule has 3 aromatic rings. The van der Waals surface area contributed by atoms with Crippen molar-refractivity contribution < 1.29 is 23.5 Å². The molecule has 37 heavy (non-hydrogen) atoms. The third-order valence-corrected chi connectivity index (χ3v) is 6.69. The molecule has 0 aliphatic rings. The zero-order valence-electron chi connectivity index (χ0n) is 20.9. The molecule has 3 aromatic carbocycles. The molecular weight excluding hydrogens is 589 g/mol. The van der Waals surface area contributed by atoms with Crippen molar-refractivity contribution in [3.63, 3.8) is 0 Å². The number of rotatable bonds is 12. The Bertz CT molecular complexity index is 1230. The first-order chi connectivity index (χ1) is 17.6. The number of aliphatic hydroxyl groups excluding tert-OH is 1. The van der Waals surface area contributed by atoms with Crippen LogP contribution >= 0.6 is 22.6 Å². The average Bonchev–Trinajstić information content (AvgIpc) is 2.81. The molecule has 0 aromatic heterocycles. The van der Waals surface area contributed by atoms with E-state index in [1.54, 1.807) is 6.07 Å². The highest BCUT2D eigenvalue weighted by Gasteiger charge is 2.23. The Morgan fingerprint density at radius 1 is 0.946 bits per heavy atom. The molecule has 3 rings (SSSR count). The van der Waals surface area contributed by atoms with Gasteiger partial charge in [-0.3, -0.25) is 9.59 Å². The number of hydrogen-bond acceptors (Lipinski definition) is 4. The third-order valence-electron chi connectivity index (χ3n) is 6.02. The first-order valence-corrected chi connectivity index (χ1v) is 13.2. The zero-order valence-corrected chi connectivity index (χ0v) is 23.0. The van der Waals surface area contributed by atoms with E-state index < -0.39 is 29.7 Å². The van der Waals surface area contributed by atoms with Crippen molar-refractivity contribution in [2.45, 2.75) is 51.8 Å². The molecule has 0 heterocycles. The molecule has 1 amide bonds. The van der Waals surface area contributed by atoms with Gasteiger partial charge in [-0.15, -0.1) is 0 Å². The van der Waals surface area contributed by atoms with E-state index in [-0.39, 0.29) is 31.6 Å². The van der Waals surface area contributed by atoms with E-state index in [9.17, 15) is 23.5 Å². The van der Waals surface area contributed by atoms with Crippen LogP contribution in [0.3, 0.4) is 0 Å². The Hall–Kier alpha value is -2.69. The SMILES string of the molecule is Cc1ccc(C(=O)CCC(=O)N[C@@H](Cc2cc(F)cc(F)c2)[C@@H](O)CNCc2cccc(I)c2)c(C)c1. The number of amides is 1. The van der Waals surface area contributed by atoms with Gasteiger partial charge in [0.25, 0.3) is 0 Å². The van der Waals surface area contributed by atoms with E-state index in [1.165, 1.54) is 12.1 Å². The number of aliphatic hydroxyl groups is 1. The summed E-state index contributed by atoms with van der Waals surface area (Å²) in [7, 11) is 0. The fraction of sp³-hybridized carbons (Fsp3) is 0.310. The van der Waals surface area contributed by atoms with Crippen molar-refractivity contribution in [1.82, 2.24) is 10.6 Å². The van der Waals surface area contributed by atoms with Crippen molar-refractivity contribution in [3.8, 4) is 0 Å². The Labute approximate surface area is 229 Å². The summed E-state index contributed by atoms with van der Waals surface area (Å²) in [5.41, 5.74) is 3.83. The first kappa shape index (κ1) is 28.9. The molecule has 0 saturated heterocycles. The van der Waals surface area contributed by atoms with E-state index >= 15 is 0 Å². The van der Waals surface area contributed by atoms with Crippen LogP contribution in [0.1, 0.15) is 45.5 Å². The Morgan fingerprint density at radius 3 is 2.35 bits per heavy atom. The van der Waals surface area contributed by atoms with Crippen LogP contribution < -0.4 is 10.6 Å². The van der Waals surface area contributed by atoms with E-state index in [0.29, 0.717) is 17.7 Å². The smallest absolute Gasteiger partial charge is 0.220 e. The molecule has 0 aliphatic carbocycles. The van der Waals surface area contributed by atoms with Crippen LogP contribution in [-0.4, -0.2) is 35.5 Å². The molecular formula is C29H31F2IN2O3. The molecule has 3 N–H and O–H groups in total. The van der Waals surface area contributed by atoms with Gasteiger partial charge in [0.2, 0.25) is 5.91 Å². The van der Waals surface area contributed by atoms with Crippen molar-refractivity contribution in [1.29, 1.82) is 0 Å². The molecule has 0 radical (unpaired) electrons. The number of ketones is 1. The third kappa shape index (κ3) is 9.28. The maximum Gasteiger partial charge on any atom is 0.220 e. The lowest BCUT2D eigenvalue weighted by atomic mass is 9.98. The molecule has 0 spiro atoms. The van der Waals surface area contributed by atoms with Crippen LogP contribution in [0.25, 0.3) is 0 Å². The highest BCUT2D eigenvalue weighted by atomic mass is 127. The van der Waals surface area contributed by atoms with Gasteiger partial charge in [0, 0.05) is 41.1 Å². The average molecular weight is 620 g/mol. The number of hydrogen-bond donors (Lipinski definition) is 3. The van der Waals surface area contributed by atoms with Gasteiger partial charge in [0.05, 0.1) is 12.1 Å². The summed E-state index contributed by atoms with van der Waals surface area (Å²) >= 11 is 2.22. The molecule has 196 valence electrons. The Morgan fingerprint density at radius 2 is 1.68 bits per heavy atom. The van der Waals surface area contributed by atoms with E-state index in [1.807, 2.05) is 50.2 Å². The van der Waals surface area contributed by atoms with Crippen molar-refractivity contribution in [2.24, 2.45) is 0 Å². The molecule has 2 atom stereocenters. The van der Waals surface area contributed by atoms with Crippen LogP contribution in [0.5, 0.6) is 0 Å². The van der Waals surface area contributed by atoms with E-state index in [2.05, 4.69) is 33.2 Å². The normalized spacial score (nSPS) is 12.7. The van der Waals surface area contributed by atoms with Crippen molar-refractivity contribution in [3.05, 3.63) is 104 Å². The maximum absolute atomic E-state index is 13.8. The quantitative estimate of drug-likeness (QED) is 0.196. The zero-order chi connectivity index (χ0) is 26.9. The van der Waals surface area contributed by atoms with Crippen molar-refractivity contribution in [2.75, 3.05) is 6.54 Å². The molecule has 5 nitrogen and oxygen atoms in total. The molecule has 0 fully saturated rings. The number of Topliss-reactive ketones (excluding diaryl/α,β-unsaturated/α-hetero) is 1. The van der Waals surface area contributed by atoms with Gasteiger partial charge in [-0.1, -0.05) is 35.9 Å². The first-order valence-electron chi connectivity index (χ1n) is 12.1. The van der Waals surface area contributed by atoms with Crippen LogP contribution in [0.15, 0.2) is 60.7 Å². The molecule has 0 saturated carbocycles. The lowest BCUT2D eigenvalue weighted by Gasteiger charge is -2.25. The fourth-order valence-corrected chi connectivity index (χ4v) is 4.79. The van der Waals surface area contributed by atoms with Gasteiger partial charge in [0.1, 0.15) is 11.6 Å². The van der Waals surface area contributed by atoms with Gasteiger partial charge in [-0.05, 0) is 83.8 Å². The summed E-state index contributed by atoms with van der Waals surface area (Å²) in [6.07, 6.45) is -1.06. The summed E-state index contributed by atoms with van der Waals surface area (Å²) < 4.78 is 28.6. The highest BCUT2D eigenvalue weighted by Crippen LogP contribution is 2.15. The lowest BCUT2D eigenvalue weighted by Crippen LogP contribution is -2.48. The van der Waals surface area contributed by atoms with Gasteiger partial charge in [0.15, 0.2) is 5.78 Å². The predicted octanol–water partition coefficient (Wildman–Crippen LogP) is 5.03. The summed E-state index contributed by atoms with van der Waals surface area (Å²) in [4.78, 5) is 25.4. The minimum Gasteiger partial charge on any atom is -0.390 e. The summed E-state index contributed by atoms with van der Waals surface area (Å²) in [5.74, 6) is -2.02. The van der Waals surface area contributed by atoms with Crippen molar-refractivity contribution >= 4 is 34.3 Å². The number of benzene rings is 3. The largest absolute Gasteiger partial charge is 0.390 e. The minimum absolute atomic E-state index is 0.0119. The van der Waals surface area contributed by atoms with Gasteiger partial charge in [-0.2, -0.15) is 0 Å². The second-order valence-corrected chi connectivity index (χ2v) is 10.5. The van der Waals surface area contributed by atoms with Gasteiger partial charge in [-0.25, -0.2) is 8.78 Å². The summed E-state index contributed by atoms with van der Waals surface area (Å²) in [6.45, 7) is 4.46. The molecule has 8 heteroatoms. The predicted molar refractivity (Wildman–Crippen MR) is 148 cm³/mol. The lowest BCUT2D eigenvalue weighted by molar-refractivity contribution is -0.122. The van der Waals surface area contributed by atoms with Crippen LogP contribution in [-0.2, 0) is 17.8 Å². The second kappa shape index (κ2) is 13.7. The number of halogens is 3. The van der Waals surface area contributed by atoms with Gasteiger partial charge >= 0.3 is 0 Å².